The molecule has 0 spiro atoms. The lowest BCUT2D eigenvalue weighted by Gasteiger charge is -2.36. The van der Waals surface area contributed by atoms with Crippen molar-refractivity contribution in [2.24, 2.45) is 0 Å². The molecule has 0 amide bonds. The average Bonchev–Trinajstić information content (AvgIpc) is 3.88. The van der Waals surface area contributed by atoms with Gasteiger partial charge in [-0.2, -0.15) is 0 Å². The highest BCUT2D eigenvalue weighted by molar-refractivity contribution is 7.26. The van der Waals surface area contributed by atoms with E-state index in [1.165, 1.54) is 48.0 Å². The fourth-order valence-electron chi connectivity index (χ4n) is 9.05. The van der Waals surface area contributed by atoms with Gasteiger partial charge in [-0.05, 0) is 89.2 Å². The standard InChI is InChI=1S/C49H33NOS/c1-3-16-32(17-4-1)49(40-24-11-7-20-35(40)36-21-8-12-25-41(36)49)42-31-34(30-39-37-22-9-13-27-44(37)51-48(39)42)50(33-18-5-2-6-19-33)43-26-15-29-46-47(43)38-23-10-14-28-45(38)52-46/h2-3,5-31H,1,4H2. The smallest absolute Gasteiger partial charge is 0.140 e. The van der Waals surface area contributed by atoms with E-state index in [0.717, 1.165) is 57.4 Å². The lowest BCUT2D eigenvalue weighted by atomic mass is 9.65. The first-order chi connectivity index (χ1) is 25.8. The molecule has 0 bridgehead atoms. The van der Waals surface area contributed by atoms with Crippen LogP contribution in [0.4, 0.5) is 17.1 Å². The predicted molar refractivity (Wildman–Crippen MR) is 220 cm³/mol. The highest BCUT2D eigenvalue weighted by Crippen LogP contribution is 2.59. The number of allylic oxidation sites excluding steroid dienone is 4. The van der Waals surface area contributed by atoms with Gasteiger partial charge in [0.05, 0.1) is 11.1 Å². The van der Waals surface area contributed by atoms with Gasteiger partial charge in [0.15, 0.2) is 0 Å². The van der Waals surface area contributed by atoms with Crippen molar-refractivity contribution in [1.82, 2.24) is 0 Å². The fraction of sp³-hybridized carbons (Fsp3) is 0.0612. The molecule has 2 aromatic heterocycles. The zero-order valence-electron chi connectivity index (χ0n) is 28.4. The number of hydrogen-bond acceptors (Lipinski definition) is 3. The second kappa shape index (κ2) is 11.4. The Morgan fingerprint density at radius 1 is 0.538 bits per heavy atom. The molecule has 7 aromatic carbocycles. The van der Waals surface area contributed by atoms with Gasteiger partial charge in [0.25, 0.3) is 0 Å². The Morgan fingerprint density at radius 2 is 1.23 bits per heavy atom. The maximum atomic E-state index is 7.04. The Labute approximate surface area is 306 Å². The molecule has 2 aliphatic carbocycles. The molecule has 0 N–H and O–H groups in total. The van der Waals surface area contributed by atoms with Gasteiger partial charge in [-0.15, -0.1) is 11.3 Å². The summed E-state index contributed by atoms with van der Waals surface area (Å²) in [6, 6.07) is 57.7. The third-order valence-electron chi connectivity index (χ3n) is 11.1. The molecule has 0 atom stereocenters. The van der Waals surface area contributed by atoms with Gasteiger partial charge < -0.3 is 9.32 Å². The van der Waals surface area contributed by atoms with Crippen LogP contribution in [0.15, 0.2) is 186 Å². The van der Waals surface area contributed by atoms with Crippen molar-refractivity contribution < 1.29 is 4.42 Å². The molecule has 2 heterocycles. The summed E-state index contributed by atoms with van der Waals surface area (Å²) in [4.78, 5) is 2.47. The van der Waals surface area contributed by atoms with E-state index in [4.69, 9.17) is 4.42 Å². The van der Waals surface area contributed by atoms with Gasteiger partial charge in [-0.25, -0.2) is 0 Å². The van der Waals surface area contributed by atoms with Crippen LogP contribution in [0.1, 0.15) is 29.5 Å². The molecular formula is C49H33NOS. The first-order valence-corrected chi connectivity index (χ1v) is 18.9. The number of furan rings is 1. The minimum Gasteiger partial charge on any atom is -0.456 e. The second-order valence-electron chi connectivity index (χ2n) is 13.9. The largest absolute Gasteiger partial charge is 0.456 e. The van der Waals surface area contributed by atoms with Crippen LogP contribution in [-0.2, 0) is 5.41 Å². The van der Waals surface area contributed by atoms with E-state index in [1.54, 1.807) is 0 Å². The molecular weight excluding hydrogens is 651 g/mol. The first kappa shape index (κ1) is 29.6. The number of para-hydroxylation sites is 2. The highest BCUT2D eigenvalue weighted by atomic mass is 32.1. The van der Waals surface area contributed by atoms with Crippen LogP contribution in [0.3, 0.4) is 0 Å². The summed E-state index contributed by atoms with van der Waals surface area (Å²) in [6.45, 7) is 0. The quantitative estimate of drug-likeness (QED) is 0.180. The van der Waals surface area contributed by atoms with E-state index in [9.17, 15) is 0 Å². The summed E-state index contributed by atoms with van der Waals surface area (Å²) in [7, 11) is 0. The Kier molecular flexibility index (Phi) is 6.50. The van der Waals surface area contributed by atoms with Crippen LogP contribution in [-0.4, -0.2) is 0 Å². The summed E-state index contributed by atoms with van der Waals surface area (Å²) in [6.07, 6.45) is 9.23. The van der Waals surface area contributed by atoms with Crippen molar-refractivity contribution in [2.75, 3.05) is 4.90 Å². The zero-order valence-corrected chi connectivity index (χ0v) is 29.2. The van der Waals surface area contributed by atoms with Crippen LogP contribution in [0.2, 0.25) is 0 Å². The minimum absolute atomic E-state index is 0.588. The third-order valence-corrected chi connectivity index (χ3v) is 12.3. The molecule has 0 saturated carbocycles. The SMILES string of the molecule is C1=CC(C2(c3cc(N(c4ccccc4)c4cccc5sc6ccccc6c45)cc4c3oc3ccccc34)c3ccccc3-c3ccccc32)=CCC1. The number of hydrogen-bond donors (Lipinski definition) is 0. The molecule has 2 nitrogen and oxygen atoms in total. The van der Waals surface area contributed by atoms with E-state index in [1.807, 2.05) is 11.3 Å². The number of rotatable bonds is 5. The van der Waals surface area contributed by atoms with Crippen LogP contribution in [0.5, 0.6) is 0 Å². The number of fused-ring (bicyclic) bond motifs is 9. The molecule has 3 heteroatoms. The van der Waals surface area contributed by atoms with Gasteiger partial charge in [0.1, 0.15) is 11.2 Å². The van der Waals surface area contributed by atoms with E-state index < -0.39 is 5.41 Å². The molecule has 52 heavy (non-hydrogen) atoms. The van der Waals surface area contributed by atoms with Gasteiger partial charge >= 0.3 is 0 Å². The van der Waals surface area contributed by atoms with Gasteiger partial charge in [-0.3, -0.25) is 0 Å². The van der Waals surface area contributed by atoms with Crippen molar-refractivity contribution >= 4 is 70.5 Å². The fourth-order valence-corrected chi connectivity index (χ4v) is 10.2. The van der Waals surface area contributed by atoms with Crippen molar-refractivity contribution in [3.63, 3.8) is 0 Å². The molecule has 0 unspecified atom stereocenters. The van der Waals surface area contributed by atoms with Gasteiger partial charge in [0.2, 0.25) is 0 Å². The number of anilines is 3. The van der Waals surface area contributed by atoms with Crippen LogP contribution in [0.25, 0.3) is 53.2 Å². The molecule has 246 valence electrons. The van der Waals surface area contributed by atoms with Crippen LogP contribution >= 0.6 is 11.3 Å². The summed E-state index contributed by atoms with van der Waals surface area (Å²) >= 11 is 1.86. The molecule has 2 aliphatic rings. The molecule has 0 aliphatic heterocycles. The number of benzene rings is 7. The van der Waals surface area contributed by atoms with E-state index in [2.05, 4.69) is 181 Å². The van der Waals surface area contributed by atoms with Gasteiger partial charge in [0, 0.05) is 47.9 Å². The normalized spacial score (nSPS) is 14.6. The minimum atomic E-state index is -0.588. The number of nitrogens with zero attached hydrogens (tertiary/aromatic N) is 1. The summed E-state index contributed by atoms with van der Waals surface area (Å²) in [5, 5.41) is 4.79. The zero-order chi connectivity index (χ0) is 34.2. The molecule has 0 fully saturated rings. The van der Waals surface area contributed by atoms with Crippen molar-refractivity contribution in [1.29, 1.82) is 0 Å². The Morgan fingerprint density at radius 3 is 2.02 bits per heavy atom. The monoisotopic (exact) mass is 683 g/mol. The lowest BCUT2D eigenvalue weighted by Crippen LogP contribution is -2.30. The lowest BCUT2D eigenvalue weighted by molar-refractivity contribution is 0.646. The summed E-state index contributed by atoms with van der Waals surface area (Å²) < 4.78 is 9.61. The topological polar surface area (TPSA) is 16.4 Å². The van der Waals surface area contributed by atoms with E-state index in [0.29, 0.717) is 0 Å². The van der Waals surface area contributed by atoms with Crippen LogP contribution in [0, 0.1) is 0 Å². The average molecular weight is 684 g/mol. The highest BCUT2D eigenvalue weighted by Gasteiger charge is 2.48. The predicted octanol–water partition coefficient (Wildman–Crippen LogP) is 14.0. The van der Waals surface area contributed by atoms with Crippen molar-refractivity contribution in [2.45, 2.75) is 18.3 Å². The Balaban J connectivity index is 1.31. The maximum Gasteiger partial charge on any atom is 0.140 e. The van der Waals surface area contributed by atoms with Crippen LogP contribution < -0.4 is 4.90 Å². The molecule has 11 rings (SSSR count). The molecule has 9 aromatic rings. The second-order valence-corrected chi connectivity index (χ2v) is 15.0. The Bertz CT molecular complexity index is 2880. The Hall–Kier alpha value is -6.16. The van der Waals surface area contributed by atoms with E-state index in [-0.39, 0.29) is 0 Å². The van der Waals surface area contributed by atoms with Crippen molar-refractivity contribution in [3.8, 4) is 11.1 Å². The summed E-state index contributed by atoms with van der Waals surface area (Å²) in [5.74, 6) is 0. The molecule has 0 radical (unpaired) electrons. The first-order valence-electron chi connectivity index (χ1n) is 18.1. The number of thiophene rings is 1. The summed E-state index contributed by atoms with van der Waals surface area (Å²) in [5.41, 5.74) is 12.2. The maximum absolute atomic E-state index is 7.04. The van der Waals surface area contributed by atoms with Gasteiger partial charge in [-0.1, -0.05) is 127 Å². The van der Waals surface area contributed by atoms with Crippen molar-refractivity contribution in [3.05, 3.63) is 198 Å². The van der Waals surface area contributed by atoms with E-state index >= 15 is 0 Å². The molecule has 0 saturated heterocycles. The third kappa shape index (κ3) is 4.11.